The molecule has 158 valence electrons. The fourth-order valence-corrected chi connectivity index (χ4v) is 3.46. The highest BCUT2D eigenvalue weighted by Gasteiger charge is 2.32. The van der Waals surface area contributed by atoms with Gasteiger partial charge in [0.15, 0.2) is 0 Å². The van der Waals surface area contributed by atoms with Gasteiger partial charge in [0.25, 0.3) is 5.91 Å². The molecule has 8 heteroatoms. The number of alkyl halides is 3. The summed E-state index contributed by atoms with van der Waals surface area (Å²) in [4.78, 5) is 27.6. The Morgan fingerprint density at radius 3 is 2.42 bits per heavy atom. The fourth-order valence-electron chi connectivity index (χ4n) is 3.46. The molecular formula is C23H18F3N3O2. The Balaban J connectivity index is 1.54. The minimum absolute atomic E-state index is 0.0214. The summed E-state index contributed by atoms with van der Waals surface area (Å²) in [7, 11) is 0. The number of halogens is 3. The molecule has 1 amide bonds. The highest BCUT2D eigenvalue weighted by Crippen LogP contribution is 2.31. The highest BCUT2D eigenvalue weighted by atomic mass is 19.4. The van der Waals surface area contributed by atoms with Crippen molar-refractivity contribution in [3.63, 3.8) is 0 Å². The van der Waals surface area contributed by atoms with Gasteiger partial charge in [0, 0.05) is 12.1 Å². The van der Waals surface area contributed by atoms with Crippen molar-refractivity contribution in [3.05, 3.63) is 106 Å². The molecule has 5 nitrogen and oxygen atoms in total. The number of hydrogen-bond donors (Lipinski definition) is 2. The second-order valence-corrected chi connectivity index (χ2v) is 7.07. The first-order valence-corrected chi connectivity index (χ1v) is 9.53. The molecule has 0 bridgehead atoms. The molecule has 1 heterocycles. The number of carbonyl (C=O) groups is 1. The summed E-state index contributed by atoms with van der Waals surface area (Å²) in [5.74, 6) is -0.532. The minimum atomic E-state index is -4.50. The van der Waals surface area contributed by atoms with Crippen molar-refractivity contribution in [3.8, 4) is 0 Å². The first kappa shape index (κ1) is 20.5. The minimum Gasteiger partial charge on any atom is -0.348 e. The van der Waals surface area contributed by atoms with Crippen molar-refractivity contribution >= 4 is 16.9 Å². The van der Waals surface area contributed by atoms with Crippen LogP contribution in [0.1, 0.15) is 27.0 Å². The Morgan fingerprint density at radius 2 is 1.68 bits per heavy atom. The fraction of sp³-hybridized carbons (Fsp3) is 0.130. The van der Waals surface area contributed by atoms with Gasteiger partial charge in [-0.1, -0.05) is 48.5 Å². The maximum Gasteiger partial charge on any atom is 0.416 e. The van der Waals surface area contributed by atoms with E-state index in [-0.39, 0.29) is 23.4 Å². The topological polar surface area (TPSA) is 66.9 Å². The Bertz CT molecular complexity index is 1290. The maximum absolute atomic E-state index is 13.1. The number of rotatable bonds is 5. The lowest BCUT2D eigenvalue weighted by Gasteiger charge is -2.13. The maximum atomic E-state index is 13.1. The van der Waals surface area contributed by atoms with Gasteiger partial charge in [0.1, 0.15) is 0 Å². The van der Waals surface area contributed by atoms with E-state index in [1.807, 2.05) is 30.3 Å². The standard InChI is InChI=1S/C23H18F3N3O2/c24-23(25,26)18-9-5-4-8-17(18)13-27-21(30)16-10-11-20-19(12-16)28-22(31)29(20)14-15-6-2-1-3-7-15/h1-12H,13-14H2,(H,27,30)(H,28,31). The average Bonchev–Trinajstić information content (AvgIpc) is 3.06. The van der Waals surface area contributed by atoms with Crippen molar-refractivity contribution in [2.24, 2.45) is 0 Å². The van der Waals surface area contributed by atoms with Gasteiger partial charge >= 0.3 is 11.9 Å². The molecule has 0 fully saturated rings. The van der Waals surface area contributed by atoms with Gasteiger partial charge in [-0.3, -0.25) is 9.36 Å². The summed E-state index contributed by atoms with van der Waals surface area (Å²) in [5, 5.41) is 2.52. The number of hydrogen-bond acceptors (Lipinski definition) is 2. The summed E-state index contributed by atoms with van der Waals surface area (Å²) in [6.07, 6.45) is -4.50. The lowest BCUT2D eigenvalue weighted by Crippen LogP contribution is -2.24. The van der Waals surface area contributed by atoms with Gasteiger partial charge in [-0.05, 0) is 35.4 Å². The smallest absolute Gasteiger partial charge is 0.348 e. The van der Waals surface area contributed by atoms with Crippen LogP contribution in [0.4, 0.5) is 13.2 Å². The molecule has 1 aromatic heterocycles. The summed E-state index contributed by atoms with van der Waals surface area (Å²) in [6.45, 7) is 0.109. The molecule has 0 saturated carbocycles. The highest BCUT2D eigenvalue weighted by molar-refractivity contribution is 5.97. The SMILES string of the molecule is O=C(NCc1ccccc1C(F)(F)F)c1ccc2c(c1)[nH]c(=O)n2Cc1ccccc1. The number of fused-ring (bicyclic) bond motifs is 1. The zero-order valence-corrected chi connectivity index (χ0v) is 16.2. The number of carbonyl (C=O) groups excluding carboxylic acids is 1. The van der Waals surface area contributed by atoms with Gasteiger partial charge in [0.05, 0.1) is 23.1 Å². The molecule has 0 saturated heterocycles. The average molecular weight is 425 g/mol. The number of H-pyrrole nitrogens is 1. The summed E-state index contributed by atoms with van der Waals surface area (Å²) < 4.78 is 40.9. The lowest BCUT2D eigenvalue weighted by atomic mass is 10.1. The van der Waals surface area contributed by atoms with Crippen LogP contribution in [-0.2, 0) is 19.3 Å². The predicted molar refractivity (Wildman–Crippen MR) is 111 cm³/mol. The second-order valence-electron chi connectivity index (χ2n) is 7.07. The van der Waals surface area contributed by atoms with Gasteiger partial charge < -0.3 is 10.3 Å². The van der Waals surface area contributed by atoms with E-state index in [1.54, 1.807) is 16.7 Å². The first-order chi connectivity index (χ1) is 14.8. The molecule has 0 atom stereocenters. The molecule has 0 aliphatic carbocycles. The van der Waals surface area contributed by atoms with E-state index in [0.29, 0.717) is 17.6 Å². The largest absolute Gasteiger partial charge is 0.416 e. The quantitative estimate of drug-likeness (QED) is 0.500. The van der Waals surface area contributed by atoms with E-state index in [9.17, 15) is 22.8 Å². The van der Waals surface area contributed by atoms with Crippen LogP contribution in [0.3, 0.4) is 0 Å². The van der Waals surface area contributed by atoms with Gasteiger partial charge in [-0.25, -0.2) is 4.79 Å². The monoisotopic (exact) mass is 425 g/mol. The number of imidazole rings is 1. The Labute approximate surface area is 175 Å². The van der Waals surface area contributed by atoms with Gasteiger partial charge in [-0.2, -0.15) is 13.2 Å². The number of aromatic nitrogens is 2. The third kappa shape index (κ3) is 4.37. The normalized spacial score (nSPS) is 11.6. The van der Waals surface area contributed by atoms with Crippen LogP contribution in [0.2, 0.25) is 0 Å². The molecule has 0 spiro atoms. The number of nitrogens with one attached hydrogen (secondary N) is 2. The van der Waals surface area contributed by atoms with E-state index in [2.05, 4.69) is 10.3 Å². The molecule has 2 N–H and O–H groups in total. The van der Waals surface area contributed by atoms with Crippen molar-refractivity contribution in [2.75, 3.05) is 0 Å². The number of amides is 1. The molecule has 4 aromatic rings. The second kappa shape index (κ2) is 8.14. The van der Waals surface area contributed by atoms with Gasteiger partial charge in [0.2, 0.25) is 0 Å². The van der Waals surface area contributed by atoms with E-state index >= 15 is 0 Å². The van der Waals surface area contributed by atoms with Crippen LogP contribution in [-0.4, -0.2) is 15.5 Å². The van der Waals surface area contributed by atoms with Crippen LogP contribution in [0, 0.1) is 0 Å². The zero-order valence-electron chi connectivity index (χ0n) is 16.2. The Morgan fingerprint density at radius 1 is 0.968 bits per heavy atom. The molecular weight excluding hydrogens is 407 g/mol. The van der Waals surface area contributed by atoms with Crippen molar-refractivity contribution in [1.29, 1.82) is 0 Å². The summed E-state index contributed by atoms with van der Waals surface area (Å²) in [5.41, 5.74) is 1.19. The summed E-state index contributed by atoms with van der Waals surface area (Å²) in [6, 6.07) is 19.3. The molecule has 0 unspecified atom stereocenters. The third-order valence-corrected chi connectivity index (χ3v) is 4.98. The zero-order chi connectivity index (χ0) is 22.0. The third-order valence-electron chi connectivity index (χ3n) is 4.98. The van der Waals surface area contributed by atoms with Crippen molar-refractivity contribution < 1.29 is 18.0 Å². The predicted octanol–water partition coefficient (Wildman–Crippen LogP) is 4.33. The number of aromatic amines is 1. The first-order valence-electron chi connectivity index (χ1n) is 9.53. The van der Waals surface area contributed by atoms with Crippen LogP contribution in [0.15, 0.2) is 77.6 Å². The van der Waals surface area contributed by atoms with Crippen LogP contribution >= 0.6 is 0 Å². The molecule has 0 aliphatic heterocycles. The number of nitrogens with zero attached hydrogens (tertiary/aromatic N) is 1. The Kier molecular flexibility index (Phi) is 5.37. The molecule has 3 aromatic carbocycles. The van der Waals surface area contributed by atoms with E-state index in [4.69, 9.17) is 0 Å². The van der Waals surface area contributed by atoms with E-state index < -0.39 is 17.6 Å². The molecule has 0 radical (unpaired) electrons. The van der Waals surface area contributed by atoms with E-state index in [1.165, 1.54) is 24.3 Å². The lowest BCUT2D eigenvalue weighted by molar-refractivity contribution is -0.138. The number of benzene rings is 3. The summed E-state index contributed by atoms with van der Waals surface area (Å²) >= 11 is 0. The molecule has 31 heavy (non-hydrogen) atoms. The van der Waals surface area contributed by atoms with Crippen LogP contribution in [0.5, 0.6) is 0 Å². The van der Waals surface area contributed by atoms with Crippen molar-refractivity contribution in [1.82, 2.24) is 14.9 Å². The Hall–Kier alpha value is -3.81. The van der Waals surface area contributed by atoms with Gasteiger partial charge in [-0.15, -0.1) is 0 Å². The van der Waals surface area contributed by atoms with Crippen molar-refractivity contribution in [2.45, 2.75) is 19.3 Å². The van der Waals surface area contributed by atoms with Crippen LogP contribution < -0.4 is 11.0 Å². The van der Waals surface area contributed by atoms with E-state index in [0.717, 1.165) is 11.6 Å². The molecule has 4 rings (SSSR count). The molecule has 0 aliphatic rings. The van der Waals surface area contributed by atoms with Crippen LogP contribution in [0.25, 0.3) is 11.0 Å².